The summed E-state index contributed by atoms with van der Waals surface area (Å²) < 4.78 is 0. The molecular weight excluding hydrogens is 162 g/mol. The van der Waals surface area contributed by atoms with Crippen LogP contribution >= 0.6 is 0 Å². The predicted octanol–water partition coefficient (Wildman–Crippen LogP) is 2.16. The van der Waals surface area contributed by atoms with E-state index in [1.807, 2.05) is 0 Å². The van der Waals surface area contributed by atoms with E-state index in [0.717, 1.165) is 6.42 Å². The van der Waals surface area contributed by atoms with Crippen molar-refractivity contribution in [1.29, 1.82) is 0 Å². The van der Waals surface area contributed by atoms with E-state index in [0.29, 0.717) is 0 Å². The number of hydrogen-bond acceptors (Lipinski definition) is 2. The van der Waals surface area contributed by atoms with Crippen molar-refractivity contribution in [3.8, 4) is 0 Å². The molecule has 2 nitrogen and oxygen atoms in total. The van der Waals surface area contributed by atoms with Crippen molar-refractivity contribution in [2.45, 2.75) is 60.1 Å². The van der Waals surface area contributed by atoms with Gasteiger partial charge >= 0.3 is 0 Å². The molecule has 3 N–H and O–H groups in total. The first kappa shape index (κ1) is 12.9. The summed E-state index contributed by atoms with van der Waals surface area (Å²) in [5.74, 6) is 0. The van der Waals surface area contributed by atoms with Crippen molar-refractivity contribution < 1.29 is 5.11 Å². The van der Waals surface area contributed by atoms with Gasteiger partial charge in [0.15, 0.2) is 0 Å². The molecule has 0 spiro atoms. The van der Waals surface area contributed by atoms with E-state index in [1.54, 1.807) is 0 Å². The van der Waals surface area contributed by atoms with Gasteiger partial charge in [-0.3, -0.25) is 0 Å². The molecule has 0 aromatic carbocycles. The van der Waals surface area contributed by atoms with E-state index in [-0.39, 0.29) is 16.9 Å². The summed E-state index contributed by atoms with van der Waals surface area (Å²) in [6.45, 7) is 12.5. The van der Waals surface area contributed by atoms with E-state index in [4.69, 9.17) is 5.73 Å². The maximum atomic E-state index is 9.86. The molecule has 2 atom stereocenters. The molecule has 0 radical (unpaired) electrons. The van der Waals surface area contributed by atoms with Gasteiger partial charge in [-0.15, -0.1) is 0 Å². The zero-order valence-corrected chi connectivity index (χ0v) is 9.89. The predicted molar refractivity (Wildman–Crippen MR) is 57.5 cm³/mol. The first-order valence-electron chi connectivity index (χ1n) is 4.98. The van der Waals surface area contributed by atoms with E-state index in [9.17, 15) is 5.11 Å². The zero-order chi connectivity index (χ0) is 10.9. The minimum Gasteiger partial charge on any atom is -0.391 e. The molecule has 0 saturated carbocycles. The molecule has 0 amide bonds. The van der Waals surface area contributed by atoms with Crippen LogP contribution in [0.4, 0.5) is 0 Å². The molecule has 80 valence electrons. The van der Waals surface area contributed by atoms with Gasteiger partial charge in [0, 0.05) is 6.04 Å². The van der Waals surface area contributed by atoms with Crippen LogP contribution in [-0.4, -0.2) is 17.3 Å². The van der Waals surface area contributed by atoms with Crippen molar-refractivity contribution in [3.05, 3.63) is 0 Å². The van der Waals surface area contributed by atoms with Crippen molar-refractivity contribution in [1.82, 2.24) is 0 Å². The highest BCUT2D eigenvalue weighted by Crippen LogP contribution is 2.27. The number of aliphatic hydroxyl groups excluding tert-OH is 1. The maximum absolute atomic E-state index is 9.86. The van der Waals surface area contributed by atoms with Crippen molar-refractivity contribution in [2.24, 2.45) is 16.6 Å². The lowest BCUT2D eigenvalue weighted by Gasteiger charge is -2.34. The summed E-state index contributed by atoms with van der Waals surface area (Å²) in [5.41, 5.74) is 6.07. The topological polar surface area (TPSA) is 46.2 Å². The summed E-state index contributed by atoms with van der Waals surface area (Å²) in [6, 6.07) is -0.147. The van der Waals surface area contributed by atoms with Crippen LogP contribution < -0.4 is 5.73 Å². The summed E-state index contributed by atoms with van der Waals surface area (Å²) >= 11 is 0. The summed E-state index contributed by atoms with van der Waals surface area (Å²) in [5, 5.41) is 9.86. The van der Waals surface area contributed by atoms with Crippen LogP contribution in [0.3, 0.4) is 0 Å². The highest BCUT2D eigenvalue weighted by Gasteiger charge is 2.30. The Morgan fingerprint density at radius 2 is 1.46 bits per heavy atom. The van der Waals surface area contributed by atoms with Crippen LogP contribution in [-0.2, 0) is 0 Å². The van der Waals surface area contributed by atoms with E-state index >= 15 is 0 Å². The summed E-state index contributed by atoms with van der Waals surface area (Å²) in [6.07, 6.45) is 0.353. The van der Waals surface area contributed by atoms with Gasteiger partial charge in [-0.05, 0) is 17.3 Å². The lowest BCUT2D eigenvalue weighted by molar-refractivity contribution is 0.0574. The van der Waals surface area contributed by atoms with Gasteiger partial charge in [-0.2, -0.15) is 0 Å². The van der Waals surface area contributed by atoms with Gasteiger partial charge < -0.3 is 10.8 Å². The molecule has 0 unspecified atom stereocenters. The van der Waals surface area contributed by atoms with E-state index in [2.05, 4.69) is 41.5 Å². The molecule has 2 heteroatoms. The average Bonchev–Trinajstić information content (AvgIpc) is 1.79. The molecule has 0 saturated heterocycles. The van der Waals surface area contributed by atoms with Gasteiger partial charge in [0.25, 0.3) is 0 Å². The number of hydrogen-bond donors (Lipinski definition) is 2. The van der Waals surface area contributed by atoms with Crippen LogP contribution in [0.1, 0.15) is 48.0 Å². The fourth-order valence-corrected chi connectivity index (χ4v) is 1.33. The van der Waals surface area contributed by atoms with E-state index < -0.39 is 6.10 Å². The Hall–Kier alpha value is -0.0800. The Labute approximate surface area is 82.5 Å². The third-order valence-corrected chi connectivity index (χ3v) is 2.24. The first-order valence-corrected chi connectivity index (χ1v) is 4.98. The number of rotatable bonds is 2. The van der Waals surface area contributed by atoms with Crippen molar-refractivity contribution in [2.75, 3.05) is 0 Å². The quantitative estimate of drug-likeness (QED) is 0.696. The molecule has 0 aliphatic heterocycles. The van der Waals surface area contributed by atoms with Crippen LogP contribution in [0.15, 0.2) is 0 Å². The second-order valence-electron chi connectivity index (χ2n) is 6.22. The third kappa shape index (κ3) is 5.27. The molecule has 13 heavy (non-hydrogen) atoms. The van der Waals surface area contributed by atoms with Crippen LogP contribution in [0.25, 0.3) is 0 Å². The Morgan fingerprint density at radius 3 is 1.69 bits per heavy atom. The summed E-state index contributed by atoms with van der Waals surface area (Å²) in [4.78, 5) is 0. The molecule has 0 aromatic heterocycles. The smallest absolute Gasteiger partial charge is 0.0701 e. The highest BCUT2D eigenvalue weighted by molar-refractivity contribution is 4.85. The van der Waals surface area contributed by atoms with Gasteiger partial charge in [0.05, 0.1) is 6.10 Å². The molecule has 0 heterocycles. The van der Waals surface area contributed by atoms with Crippen LogP contribution in [0.2, 0.25) is 0 Å². The number of nitrogens with two attached hydrogens (primary N) is 1. The normalized spacial score (nSPS) is 18.5. The van der Waals surface area contributed by atoms with Crippen molar-refractivity contribution >= 4 is 0 Å². The summed E-state index contributed by atoms with van der Waals surface area (Å²) in [7, 11) is 0. The van der Waals surface area contributed by atoms with Gasteiger partial charge in [0.1, 0.15) is 0 Å². The minimum atomic E-state index is -0.403. The monoisotopic (exact) mass is 187 g/mol. The van der Waals surface area contributed by atoms with Crippen LogP contribution in [0.5, 0.6) is 0 Å². The molecule has 0 aliphatic rings. The Balaban J connectivity index is 4.20. The zero-order valence-electron chi connectivity index (χ0n) is 9.89. The van der Waals surface area contributed by atoms with Gasteiger partial charge in [-0.1, -0.05) is 41.5 Å². The molecule has 0 aromatic rings. The molecule has 0 bridgehead atoms. The largest absolute Gasteiger partial charge is 0.391 e. The second-order valence-corrected chi connectivity index (χ2v) is 6.22. The van der Waals surface area contributed by atoms with Crippen LogP contribution in [0, 0.1) is 10.8 Å². The fourth-order valence-electron chi connectivity index (χ4n) is 1.33. The molecular formula is C11H25NO. The standard InChI is InChI=1S/C11H25NO/c1-10(2,3)7-8(13)9(12)11(4,5)6/h8-9,13H,7,12H2,1-6H3/t8-,9-/m1/s1. The fraction of sp³-hybridized carbons (Fsp3) is 1.00. The maximum Gasteiger partial charge on any atom is 0.0701 e. The molecule has 0 fully saturated rings. The van der Waals surface area contributed by atoms with Gasteiger partial charge in [0.2, 0.25) is 0 Å². The Morgan fingerprint density at radius 1 is 1.08 bits per heavy atom. The SMILES string of the molecule is CC(C)(C)C[C@@H](O)[C@@H](N)C(C)(C)C. The lowest BCUT2D eigenvalue weighted by Crippen LogP contribution is -2.46. The number of aliphatic hydroxyl groups is 1. The second kappa shape index (κ2) is 3.97. The first-order chi connectivity index (χ1) is 5.54. The minimum absolute atomic E-state index is 0.0231. The van der Waals surface area contributed by atoms with Gasteiger partial charge in [-0.25, -0.2) is 0 Å². The molecule has 0 rings (SSSR count). The Kier molecular flexibility index (Phi) is 3.95. The average molecular weight is 187 g/mol. The highest BCUT2D eigenvalue weighted by atomic mass is 16.3. The lowest BCUT2D eigenvalue weighted by atomic mass is 9.78. The third-order valence-electron chi connectivity index (χ3n) is 2.24. The van der Waals surface area contributed by atoms with Crippen molar-refractivity contribution in [3.63, 3.8) is 0 Å². The van der Waals surface area contributed by atoms with E-state index in [1.165, 1.54) is 0 Å². The molecule has 0 aliphatic carbocycles. The Bertz CT molecular complexity index is 152.